The highest BCUT2D eigenvalue weighted by atomic mass is 19.1. The smallest absolute Gasteiger partial charge is 0.259 e. The van der Waals surface area contributed by atoms with Crippen molar-refractivity contribution in [2.75, 3.05) is 26.7 Å². The molecular weight excluding hydrogens is 447 g/mol. The Morgan fingerprint density at radius 1 is 1.20 bits per heavy atom. The Morgan fingerprint density at radius 2 is 1.97 bits per heavy atom. The van der Waals surface area contributed by atoms with E-state index in [0.717, 1.165) is 11.3 Å². The van der Waals surface area contributed by atoms with Gasteiger partial charge in [0, 0.05) is 43.5 Å². The summed E-state index contributed by atoms with van der Waals surface area (Å²) in [5.74, 6) is -0.322. The zero-order valence-electron chi connectivity index (χ0n) is 20.3. The monoisotopic (exact) mass is 478 g/mol. The third-order valence-electron chi connectivity index (χ3n) is 6.35. The summed E-state index contributed by atoms with van der Waals surface area (Å²) in [6.45, 7) is 5.42. The molecule has 0 bridgehead atoms. The van der Waals surface area contributed by atoms with Crippen molar-refractivity contribution in [3.05, 3.63) is 78.0 Å². The number of fused-ring (bicyclic) bond motifs is 1. The summed E-state index contributed by atoms with van der Waals surface area (Å²) in [5, 5.41) is 9.84. The summed E-state index contributed by atoms with van der Waals surface area (Å²) in [6.07, 6.45) is 3.17. The van der Waals surface area contributed by atoms with E-state index in [1.54, 1.807) is 35.5 Å². The van der Waals surface area contributed by atoms with Crippen LogP contribution in [0.2, 0.25) is 0 Å². The maximum atomic E-state index is 13.6. The summed E-state index contributed by atoms with van der Waals surface area (Å²) in [5.41, 5.74) is 2.73. The number of hydrogen-bond acceptors (Lipinski definition) is 6. The van der Waals surface area contributed by atoms with Crippen LogP contribution in [0.15, 0.2) is 60.9 Å². The Labute approximate surface area is 205 Å². The standard InChI is InChI=1S/C27H31FN4O3/c1-18-14-32(19(2)17-33)27(34)24-12-21(20-7-9-22(28)10-8-20)13-30-26(24)35-25(18)16-31(3)15-23-6-4-5-11-29-23/h4-13,18-19,25,33H,14-17H2,1-3H3/t18-,19+,25-/m0/s1. The number of amides is 1. The first-order chi connectivity index (χ1) is 16.9. The van der Waals surface area contributed by atoms with E-state index in [2.05, 4.69) is 14.9 Å². The molecule has 3 atom stereocenters. The van der Waals surface area contributed by atoms with Crippen LogP contribution in [-0.2, 0) is 6.54 Å². The average molecular weight is 479 g/mol. The van der Waals surface area contributed by atoms with Gasteiger partial charge in [-0.05, 0) is 49.9 Å². The van der Waals surface area contributed by atoms with Gasteiger partial charge in [-0.15, -0.1) is 0 Å². The SMILES string of the molecule is C[C@H](CO)N1C[C@H](C)[C@H](CN(C)Cc2ccccn2)Oc2ncc(-c3ccc(F)cc3)cc2C1=O. The van der Waals surface area contributed by atoms with E-state index in [1.807, 2.05) is 39.1 Å². The molecule has 184 valence electrons. The molecule has 1 aliphatic heterocycles. The molecule has 35 heavy (non-hydrogen) atoms. The van der Waals surface area contributed by atoms with E-state index in [4.69, 9.17) is 4.74 Å². The van der Waals surface area contributed by atoms with Crippen molar-refractivity contribution in [1.29, 1.82) is 0 Å². The molecule has 0 fully saturated rings. The maximum Gasteiger partial charge on any atom is 0.259 e. The van der Waals surface area contributed by atoms with Crippen LogP contribution in [0.4, 0.5) is 4.39 Å². The molecule has 1 aliphatic rings. The molecular formula is C27H31FN4O3. The van der Waals surface area contributed by atoms with E-state index < -0.39 is 0 Å². The van der Waals surface area contributed by atoms with Crippen LogP contribution < -0.4 is 4.74 Å². The van der Waals surface area contributed by atoms with Crippen LogP contribution >= 0.6 is 0 Å². The number of carbonyl (C=O) groups excluding carboxylic acids is 1. The minimum absolute atomic E-state index is 0.00847. The normalized spacial score (nSPS) is 19.0. The van der Waals surface area contributed by atoms with Crippen LogP contribution in [0.1, 0.15) is 29.9 Å². The fourth-order valence-corrected chi connectivity index (χ4v) is 4.26. The van der Waals surface area contributed by atoms with Crippen molar-refractivity contribution in [1.82, 2.24) is 19.8 Å². The van der Waals surface area contributed by atoms with Crippen LogP contribution in [0.25, 0.3) is 11.1 Å². The number of pyridine rings is 2. The van der Waals surface area contributed by atoms with E-state index >= 15 is 0 Å². The van der Waals surface area contributed by atoms with Gasteiger partial charge in [-0.3, -0.25) is 14.7 Å². The number of halogens is 1. The van der Waals surface area contributed by atoms with Crippen molar-refractivity contribution in [3.63, 3.8) is 0 Å². The first-order valence-corrected chi connectivity index (χ1v) is 11.8. The molecule has 3 heterocycles. The number of likely N-dealkylation sites (N-methyl/N-ethyl adjacent to an activating group) is 1. The Balaban J connectivity index is 1.65. The summed E-state index contributed by atoms with van der Waals surface area (Å²) in [6, 6.07) is 13.3. The zero-order valence-corrected chi connectivity index (χ0v) is 20.3. The van der Waals surface area contributed by atoms with Gasteiger partial charge in [0.2, 0.25) is 5.88 Å². The quantitative estimate of drug-likeness (QED) is 0.559. The predicted octanol–water partition coefficient (Wildman–Crippen LogP) is 3.63. The highest BCUT2D eigenvalue weighted by Crippen LogP contribution is 2.30. The highest BCUT2D eigenvalue weighted by molar-refractivity contribution is 5.98. The number of carbonyl (C=O) groups is 1. The third-order valence-corrected chi connectivity index (χ3v) is 6.35. The van der Waals surface area contributed by atoms with Gasteiger partial charge >= 0.3 is 0 Å². The lowest BCUT2D eigenvalue weighted by atomic mass is 9.99. The Bertz CT molecular complexity index is 1140. The van der Waals surface area contributed by atoms with Crippen LogP contribution in [0.3, 0.4) is 0 Å². The summed E-state index contributed by atoms with van der Waals surface area (Å²) >= 11 is 0. The van der Waals surface area contributed by atoms with Gasteiger partial charge < -0.3 is 14.7 Å². The predicted molar refractivity (Wildman–Crippen MR) is 131 cm³/mol. The lowest BCUT2D eigenvalue weighted by Crippen LogP contribution is -2.49. The average Bonchev–Trinajstić information content (AvgIpc) is 2.86. The number of rotatable bonds is 7. The first kappa shape index (κ1) is 24.8. The molecule has 0 radical (unpaired) electrons. The fraction of sp³-hybridized carbons (Fsp3) is 0.370. The van der Waals surface area contributed by atoms with Gasteiger partial charge in [-0.2, -0.15) is 0 Å². The molecule has 3 aromatic rings. The molecule has 0 spiro atoms. The lowest BCUT2D eigenvalue weighted by Gasteiger charge is -2.37. The Kier molecular flexibility index (Phi) is 7.73. The summed E-state index contributed by atoms with van der Waals surface area (Å²) in [7, 11) is 2.01. The second-order valence-electron chi connectivity index (χ2n) is 9.22. The number of ether oxygens (including phenoxy) is 1. The molecule has 7 nitrogen and oxygen atoms in total. The van der Waals surface area contributed by atoms with E-state index in [1.165, 1.54) is 12.1 Å². The van der Waals surface area contributed by atoms with Crippen LogP contribution in [0.5, 0.6) is 5.88 Å². The number of hydrogen-bond donors (Lipinski definition) is 1. The van der Waals surface area contributed by atoms with Gasteiger partial charge in [-0.25, -0.2) is 9.37 Å². The van der Waals surface area contributed by atoms with Crippen molar-refractivity contribution in [2.24, 2.45) is 5.92 Å². The third kappa shape index (κ3) is 5.83. The molecule has 1 N–H and O–H groups in total. The van der Waals surface area contributed by atoms with Gasteiger partial charge in [0.1, 0.15) is 17.5 Å². The second-order valence-corrected chi connectivity index (χ2v) is 9.22. The molecule has 8 heteroatoms. The Hall–Kier alpha value is -3.36. The number of aliphatic hydroxyl groups is 1. The fourth-order valence-electron chi connectivity index (χ4n) is 4.26. The summed E-state index contributed by atoms with van der Waals surface area (Å²) in [4.78, 5) is 26.3. The molecule has 0 unspecified atom stereocenters. The first-order valence-electron chi connectivity index (χ1n) is 11.8. The molecule has 0 aliphatic carbocycles. The van der Waals surface area contributed by atoms with Crippen LogP contribution in [-0.4, -0.2) is 69.7 Å². The van der Waals surface area contributed by atoms with Crippen molar-refractivity contribution >= 4 is 5.91 Å². The van der Waals surface area contributed by atoms with Crippen molar-refractivity contribution < 1.29 is 19.0 Å². The minimum Gasteiger partial charge on any atom is -0.472 e. The molecule has 1 aromatic carbocycles. The molecule has 2 aromatic heterocycles. The number of benzene rings is 1. The number of nitrogens with zero attached hydrogens (tertiary/aromatic N) is 4. The van der Waals surface area contributed by atoms with E-state index in [9.17, 15) is 14.3 Å². The van der Waals surface area contributed by atoms with Gasteiger partial charge in [-0.1, -0.05) is 25.1 Å². The second kappa shape index (κ2) is 10.9. The minimum atomic E-state index is -0.364. The zero-order chi connectivity index (χ0) is 24.9. The molecule has 4 rings (SSSR count). The van der Waals surface area contributed by atoms with E-state index in [-0.39, 0.29) is 42.3 Å². The highest BCUT2D eigenvalue weighted by Gasteiger charge is 2.34. The topological polar surface area (TPSA) is 78.8 Å². The van der Waals surface area contributed by atoms with Gasteiger partial charge in [0.25, 0.3) is 5.91 Å². The van der Waals surface area contributed by atoms with Crippen LogP contribution in [0, 0.1) is 11.7 Å². The molecule has 0 saturated heterocycles. The largest absolute Gasteiger partial charge is 0.472 e. The van der Waals surface area contributed by atoms with E-state index in [0.29, 0.717) is 30.8 Å². The summed E-state index contributed by atoms with van der Waals surface area (Å²) < 4.78 is 19.8. The maximum absolute atomic E-state index is 13.6. The van der Waals surface area contributed by atoms with Gasteiger partial charge in [0.05, 0.1) is 18.3 Å². The number of aromatic nitrogens is 2. The molecule has 0 saturated carbocycles. The van der Waals surface area contributed by atoms with Crippen molar-refractivity contribution in [2.45, 2.75) is 32.5 Å². The van der Waals surface area contributed by atoms with Crippen molar-refractivity contribution in [3.8, 4) is 17.0 Å². The number of aliphatic hydroxyl groups excluding tert-OH is 1. The Morgan fingerprint density at radius 3 is 2.66 bits per heavy atom. The van der Waals surface area contributed by atoms with Gasteiger partial charge in [0.15, 0.2) is 0 Å². The molecule has 1 amide bonds. The lowest BCUT2D eigenvalue weighted by molar-refractivity contribution is 0.0324.